The summed E-state index contributed by atoms with van der Waals surface area (Å²) >= 11 is 0. The first kappa shape index (κ1) is 68.4. The number of rotatable bonds is 54. The smallest absolute Gasteiger partial charge is 0.220 e. The van der Waals surface area contributed by atoms with Gasteiger partial charge in [0.25, 0.3) is 0 Å². The fourth-order valence-corrected chi connectivity index (χ4v) is 10.0. The number of hydrogen-bond donors (Lipinski definition) is 6. The summed E-state index contributed by atoms with van der Waals surface area (Å²) in [6.45, 7) is 3.78. The summed E-state index contributed by atoms with van der Waals surface area (Å²) in [5.74, 6) is -0.182. The maximum atomic E-state index is 13.0. The molecule has 0 aromatic carbocycles. The van der Waals surface area contributed by atoms with Crippen molar-refractivity contribution in [1.82, 2.24) is 5.32 Å². The van der Waals surface area contributed by atoms with Crippen LogP contribution in [0.3, 0.4) is 0 Å². The molecular formula is C63H119NO8. The minimum atomic E-state index is -1.57. The van der Waals surface area contributed by atoms with Gasteiger partial charge in [0, 0.05) is 6.42 Å². The molecule has 7 atom stereocenters. The molecule has 0 aromatic rings. The molecular weight excluding hydrogens is 899 g/mol. The van der Waals surface area contributed by atoms with Crippen LogP contribution in [0.5, 0.6) is 0 Å². The average Bonchev–Trinajstić information content (AvgIpc) is 3.38. The van der Waals surface area contributed by atoms with Crippen LogP contribution in [0.25, 0.3) is 0 Å². The van der Waals surface area contributed by atoms with Crippen LogP contribution < -0.4 is 5.32 Å². The van der Waals surface area contributed by atoms with Crippen molar-refractivity contribution in [3.63, 3.8) is 0 Å². The second kappa shape index (κ2) is 52.8. The van der Waals surface area contributed by atoms with Gasteiger partial charge in [-0.2, -0.15) is 0 Å². The lowest BCUT2D eigenvalue weighted by atomic mass is 9.99. The molecule has 1 amide bonds. The van der Waals surface area contributed by atoms with Crippen molar-refractivity contribution < 1.29 is 39.8 Å². The van der Waals surface area contributed by atoms with Gasteiger partial charge < -0.3 is 40.3 Å². The Morgan fingerprint density at radius 2 is 0.819 bits per heavy atom. The predicted octanol–water partition coefficient (Wildman–Crippen LogP) is 15.9. The molecule has 0 spiro atoms. The van der Waals surface area contributed by atoms with Crippen molar-refractivity contribution >= 4 is 5.91 Å². The summed E-state index contributed by atoms with van der Waals surface area (Å²) in [5, 5.41) is 54.6. The standard InChI is InChI=1S/C63H119NO8/c1-3-5-7-9-11-13-15-17-19-21-22-23-24-25-26-27-28-29-30-31-32-33-34-35-37-38-40-42-44-46-48-50-52-57(66)56(55-71-63-62(70)61(69)60(68)58(54-65)72-63)64-59(67)53-51-49-47-45-43-41-39-36-20-18-16-14-12-10-8-6-4-2/h12,14,18,20,50,52,56-58,60-63,65-66,68-70H,3-11,13,15-17,19,21-49,51,53-55H2,1-2H3,(H,64,67)/b14-12-,20-18-,52-50+. The van der Waals surface area contributed by atoms with Crippen LogP contribution in [0.4, 0.5) is 0 Å². The Morgan fingerprint density at radius 1 is 0.472 bits per heavy atom. The topological polar surface area (TPSA) is 149 Å². The van der Waals surface area contributed by atoms with Gasteiger partial charge in [0.15, 0.2) is 6.29 Å². The Balaban J connectivity index is 2.14. The zero-order valence-corrected chi connectivity index (χ0v) is 47.2. The van der Waals surface area contributed by atoms with Gasteiger partial charge in [0.05, 0.1) is 25.4 Å². The fourth-order valence-electron chi connectivity index (χ4n) is 10.0. The Hall–Kier alpha value is -1.59. The van der Waals surface area contributed by atoms with E-state index < -0.39 is 49.5 Å². The van der Waals surface area contributed by atoms with E-state index in [0.717, 1.165) is 57.8 Å². The van der Waals surface area contributed by atoms with Crippen LogP contribution in [0.15, 0.2) is 36.5 Å². The molecule has 1 aliphatic heterocycles. The Bertz CT molecular complexity index is 1230. The predicted molar refractivity (Wildman–Crippen MR) is 304 cm³/mol. The minimum absolute atomic E-state index is 0.182. The largest absolute Gasteiger partial charge is 0.394 e. The zero-order chi connectivity index (χ0) is 52.2. The Labute approximate surface area is 444 Å². The molecule has 0 aliphatic carbocycles. The van der Waals surface area contributed by atoms with Crippen molar-refractivity contribution in [3.05, 3.63) is 36.5 Å². The number of allylic oxidation sites excluding steroid dienone is 5. The van der Waals surface area contributed by atoms with Crippen molar-refractivity contribution in [2.24, 2.45) is 0 Å². The van der Waals surface area contributed by atoms with Crippen molar-refractivity contribution in [2.75, 3.05) is 13.2 Å². The van der Waals surface area contributed by atoms with Gasteiger partial charge in [-0.3, -0.25) is 4.79 Å². The Kier molecular flexibility index (Phi) is 50.2. The first-order valence-electron chi connectivity index (χ1n) is 31.2. The Morgan fingerprint density at radius 3 is 1.22 bits per heavy atom. The number of aliphatic hydroxyl groups excluding tert-OH is 5. The van der Waals surface area contributed by atoms with Gasteiger partial charge in [-0.25, -0.2) is 0 Å². The highest BCUT2D eigenvalue weighted by atomic mass is 16.7. The van der Waals surface area contributed by atoms with Gasteiger partial charge in [-0.1, -0.05) is 281 Å². The van der Waals surface area contributed by atoms with E-state index in [9.17, 15) is 30.3 Å². The molecule has 0 aromatic heterocycles. The molecule has 1 saturated heterocycles. The number of nitrogens with one attached hydrogen (secondary N) is 1. The lowest BCUT2D eigenvalue weighted by molar-refractivity contribution is -0.302. The van der Waals surface area contributed by atoms with E-state index in [-0.39, 0.29) is 12.5 Å². The summed E-state index contributed by atoms with van der Waals surface area (Å²) in [7, 11) is 0. The summed E-state index contributed by atoms with van der Waals surface area (Å²) in [4.78, 5) is 13.0. The molecule has 424 valence electrons. The SMILES string of the molecule is CCCCC/C=C\C/C=C\CCCCCCCCCC(=O)NC(COC1OC(CO)C(O)C(O)C1O)C(O)/C=C/CCCCCCCCCCCCCCCCCCCCCCCCCCCCCCCC. The molecule has 0 saturated carbocycles. The van der Waals surface area contributed by atoms with Crippen LogP contribution >= 0.6 is 0 Å². The monoisotopic (exact) mass is 1020 g/mol. The zero-order valence-electron chi connectivity index (χ0n) is 47.2. The highest BCUT2D eigenvalue weighted by Crippen LogP contribution is 2.23. The third-order valence-electron chi connectivity index (χ3n) is 15.0. The van der Waals surface area contributed by atoms with E-state index in [1.54, 1.807) is 6.08 Å². The number of aliphatic hydroxyl groups is 5. The van der Waals surface area contributed by atoms with Gasteiger partial charge in [0.2, 0.25) is 5.91 Å². The molecule has 9 nitrogen and oxygen atoms in total. The summed E-state index contributed by atoms with van der Waals surface area (Å²) < 4.78 is 11.3. The van der Waals surface area contributed by atoms with Gasteiger partial charge in [-0.15, -0.1) is 0 Å². The second-order valence-corrected chi connectivity index (χ2v) is 21.9. The van der Waals surface area contributed by atoms with Crippen LogP contribution in [0, 0.1) is 0 Å². The van der Waals surface area contributed by atoms with E-state index in [1.807, 2.05) is 6.08 Å². The molecule has 1 rings (SSSR count). The van der Waals surface area contributed by atoms with Crippen molar-refractivity contribution in [3.8, 4) is 0 Å². The highest BCUT2D eigenvalue weighted by Gasteiger charge is 2.44. The molecule has 0 bridgehead atoms. The highest BCUT2D eigenvalue weighted by molar-refractivity contribution is 5.76. The summed E-state index contributed by atoms with van der Waals surface area (Å²) in [5.41, 5.74) is 0. The normalized spacial score (nSPS) is 19.3. The third-order valence-corrected chi connectivity index (χ3v) is 15.0. The number of hydrogen-bond acceptors (Lipinski definition) is 8. The van der Waals surface area contributed by atoms with Gasteiger partial charge in [0.1, 0.15) is 24.4 Å². The summed E-state index contributed by atoms with van der Waals surface area (Å²) in [6.07, 6.45) is 62.3. The van der Waals surface area contributed by atoms with Crippen LogP contribution in [-0.2, 0) is 14.3 Å². The van der Waals surface area contributed by atoms with E-state index in [1.165, 1.54) is 225 Å². The second-order valence-electron chi connectivity index (χ2n) is 21.9. The molecule has 1 fully saturated rings. The van der Waals surface area contributed by atoms with Gasteiger partial charge in [-0.05, 0) is 51.4 Å². The minimum Gasteiger partial charge on any atom is -0.394 e. The van der Waals surface area contributed by atoms with Crippen LogP contribution in [-0.4, -0.2) is 87.5 Å². The number of carbonyl (C=O) groups is 1. The van der Waals surface area contributed by atoms with E-state index in [0.29, 0.717) is 6.42 Å². The number of carbonyl (C=O) groups excluding carboxylic acids is 1. The number of unbranched alkanes of at least 4 members (excludes halogenated alkanes) is 40. The first-order chi connectivity index (χ1) is 35.3. The molecule has 6 N–H and O–H groups in total. The maximum absolute atomic E-state index is 13.0. The van der Waals surface area contributed by atoms with E-state index in [4.69, 9.17) is 9.47 Å². The quantitative estimate of drug-likeness (QED) is 0.0261. The number of amides is 1. The first-order valence-corrected chi connectivity index (χ1v) is 31.2. The molecule has 72 heavy (non-hydrogen) atoms. The lowest BCUT2D eigenvalue weighted by Crippen LogP contribution is -2.60. The molecule has 1 heterocycles. The fraction of sp³-hybridized carbons (Fsp3) is 0.889. The van der Waals surface area contributed by atoms with Crippen molar-refractivity contribution in [2.45, 2.75) is 346 Å². The summed E-state index contributed by atoms with van der Waals surface area (Å²) in [6, 6.07) is -0.810. The van der Waals surface area contributed by atoms with Crippen molar-refractivity contribution in [1.29, 1.82) is 0 Å². The molecule has 9 heteroatoms. The number of ether oxygens (including phenoxy) is 2. The van der Waals surface area contributed by atoms with Gasteiger partial charge >= 0.3 is 0 Å². The van der Waals surface area contributed by atoms with Crippen LogP contribution in [0.2, 0.25) is 0 Å². The third kappa shape index (κ3) is 41.6. The molecule has 0 radical (unpaired) electrons. The molecule has 7 unspecified atom stereocenters. The maximum Gasteiger partial charge on any atom is 0.220 e. The lowest BCUT2D eigenvalue weighted by Gasteiger charge is -2.40. The molecule has 1 aliphatic rings. The van der Waals surface area contributed by atoms with E-state index >= 15 is 0 Å². The van der Waals surface area contributed by atoms with Crippen LogP contribution in [0.1, 0.15) is 303 Å². The average molecular weight is 1020 g/mol. The van der Waals surface area contributed by atoms with E-state index in [2.05, 4.69) is 43.5 Å².